The van der Waals surface area contributed by atoms with Crippen LogP contribution < -0.4 is 0 Å². The molecule has 1 fully saturated rings. The number of aromatic nitrogens is 1. The van der Waals surface area contributed by atoms with Gasteiger partial charge in [-0.3, -0.25) is 4.79 Å². The summed E-state index contributed by atoms with van der Waals surface area (Å²) in [7, 11) is 0. The van der Waals surface area contributed by atoms with Crippen LogP contribution in [0.1, 0.15) is 130 Å². The summed E-state index contributed by atoms with van der Waals surface area (Å²) in [6, 6.07) is 24.3. The molecule has 6 rings (SSSR count). The smallest absolute Gasteiger partial charge is 0.162 e. The summed E-state index contributed by atoms with van der Waals surface area (Å²) in [6.07, 6.45) is 12.2. The molecular weight excluding hydrogens is 858 g/mol. The van der Waals surface area contributed by atoms with Gasteiger partial charge in [-0.05, 0) is 25.7 Å². The minimum absolute atomic E-state index is 0. The number of hydrogen-bond acceptors (Lipinski definition) is 3. The van der Waals surface area contributed by atoms with Gasteiger partial charge in [-0.1, -0.05) is 27.7 Å². The standard InChI is InChI=1S/C32H32NSe.C13H24O2.Ir/c1-20(2)28-18-24(17-23-7-5-6-8-25(23)28)30-31-27(13-16-33-30)26-10-9-22(19-29(26)34-31)21-11-14-32(3,4)15-12-21;1-5-10(6-2)12(14)9-13(15)11(7-3)8-4;/h5-10,13,16,18-21H,11-12,14-15H2,1-4H3;9-11,14H,5-8H2,1-4H3;/q-1;;/b;12-9-;. The molecule has 0 unspecified atom stereocenters. The summed E-state index contributed by atoms with van der Waals surface area (Å²) < 4.78 is 2.96. The Morgan fingerprint density at radius 2 is 1.58 bits per heavy atom. The van der Waals surface area contributed by atoms with Gasteiger partial charge < -0.3 is 5.11 Å². The van der Waals surface area contributed by atoms with Gasteiger partial charge in [0.1, 0.15) is 0 Å². The van der Waals surface area contributed by atoms with Gasteiger partial charge in [0.05, 0.1) is 5.76 Å². The molecule has 3 aromatic carbocycles. The minimum atomic E-state index is 0. The summed E-state index contributed by atoms with van der Waals surface area (Å²) >= 11 is 0.273. The summed E-state index contributed by atoms with van der Waals surface area (Å²) in [5.74, 6) is 1.73. The fourth-order valence-electron chi connectivity index (χ4n) is 7.54. The van der Waals surface area contributed by atoms with Gasteiger partial charge >= 0.3 is 209 Å². The number of aliphatic hydroxyl groups is 1. The van der Waals surface area contributed by atoms with Crippen LogP contribution >= 0.6 is 0 Å². The van der Waals surface area contributed by atoms with Crippen molar-refractivity contribution in [3.63, 3.8) is 0 Å². The number of allylic oxidation sites excluding steroid dienone is 2. The van der Waals surface area contributed by atoms with E-state index in [-0.39, 0.29) is 58.0 Å². The molecule has 2 aromatic heterocycles. The zero-order chi connectivity index (χ0) is 35.3. The van der Waals surface area contributed by atoms with Crippen molar-refractivity contribution in [3.05, 3.63) is 89.8 Å². The maximum absolute atomic E-state index is 11.7. The van der Waals surface area contributed by atoms with E-state index in [9.17, 15) is 9.90 Å². The van der Waals surface area contributed by atoms with Gasteiger partial charge in [0.2, 0.25) is 0 Å². The summed E-state index contributed by atoms with van der Waals surface area (Å²) in [5, 5.41) is 15.1. The second-order valence-corrected chi connectivity index (χ2v) is 17.4. The maximum Gasteiger partial charge on any atom is 0.162 e. The van der Waals surface area contributed by atoms with Crippen molar-refractivity contribution in [2.75, 3.05) is 0 Å². The van der Waals surface area contributed by atoms with Crippen LogP contribution in [0, 0.1) is 23.3 Å². The van der Waals surface area contributed by atoms with Crippen molar-refractivity contribution in [2.45, 2.75) is 119 Å². The maximum atomic E-state index is 11.7. The Morgan fingerprint density at radius 3 is 2.22 bits per heavy atom. The Hall–Kier alpha value is -2.55. The van der Waals surface area contributed by atoms with E-state index >= 15 is 0 Å². The number of aliphatic hydroxyl groups excluding tert-OH is 1. The molecule has 5 heteroatoms. The van der Waals surface area contributed by atoms with Crippen molar-refractivity contribution in [3.8, 4) is 11.3 Å². The van der Waals surface area contributed by atoms with Gasteiger partial charge in [-0.15, -0.1) is 0 Å². The van der Waals surface area contributed by atoms with Crippen molar-refractivity contribution < 1.29 is 30.0 Å². The Balaban J connectivity index is 0.000000301. The molecule has 0 atom stereocenters. The molecule has 0 spiro atoms. The number of rotatable bonds is 10. The molecule has 1 saturated carbocycles. The van der Waals surface area contributed by atoms with Gasteiger partial charge in [0.25, 0.3) is 0 Å². The van der Waals surface area contributed by atoms with Crippen molar-refractivity contribution in [1.82, 2.24) is 4.98 Å². The first kappa shape index (κ1) is 40.2. The van der Waals surface area contributed by atoms with Crippen LogP contribution in [0.25, 0.3) is 41.3 Å². The monoisotopic (exact) mass is 915 g/mol. The molecule has 2 heterocycles. The molecular formula is C45H56IrNO2Se-. The fourth-order valence-corrected chi connectivity index (χ4v) is 10.2. The van der Waals surface area contributed by atoms with E-state index in [0.29, 0.717) is 11.3 Å². The third-order valence-electron chi connectivity index (χ3n) is 11.0. The first-order valence-electron chi connectivity index (χ1n) is 18.7. The van der Waals surface area contributed by atoms with E-state index in [1.165, 1.54) is 67.4 Å². The van der Waals surface area contributed by atoms with E-state index in [0.717, 1.165) is 42.9 Å². The second kappa shape index (κ2) is 17.8. The quantitative estimate of drug-likeness (QED) is 0.0657. The van der Waals surface area contributed by atoms with Crippen LogP contribution in [0.15, 0.2) is 72.6 Å². The van der Waals surface area contributed by atoms with E-state index in [1.54, 1.807) is 5.56 Å². The predicted molar refractivity (Wildman–Crippen MR) is 211 cm³/mol. The molecule has 50 heavy (non-hydrogen) atoms. The number of fused-ring (bicyclic) bond motifs is 4. The minimum Gasteiger partial charge on any atom is -0.512 e. The predicted octanol–water partition coefficient (Wildman–Crippen LogP) is 12.7. The van der Waals surface area contributed by atoms with Crippen molar-refractivity contribution >= 4 is 50.4 Å². The fraction of sp³-hybridized carbons (Fsp3) is 0.467. The van der Waals surface area contributed by atoms with E-state index < -0.39 is 0 Å². The van der Waals surface area contributed by atoms with E-state index in [2.05, 4.69) is 88.4 Å². The summed E-state index contributed by atoms with van der Waals surface area (Å²) in [5.41, 5.74) is 5.72. The summed E-state index contributed by atoms with van der Waals surface area (Å²) in [4.78, 5) is 16.6. The number of pyridine rings is 1. The topological polar surface area (TPSA) is 50.2 Å². The second-order valence-electron chi connectivity index (χ2n) is 15.2. The molecule has 269 valence electrons. The molecule has 0 aliphatic heterocycles. The largest absolute Gasteiger partial charge is 0.512 e. The van der Waals surface area contributed by atoms with Crippen molar-refractivity contribution in [1.29, 1.82) is 0 Å². The van der Waals surface area contributed by atoms with Gasteiger partial charge in [0.15, 0.2) is 5.78 Å². The first-order valence-corrected chi connectivity index (χ1v) is 20.4. The van der Waals surface area contributed by atoms with Crippen molar-refractivity contribution in [2.24, 2.45) is 17.3 Å². The molecule has 5 aromatic rings. The van der Waals surface area contributed by atoms with Crippen LogP contribution in [0.5, 0.6) is 0 Å². The molecule has 1 aliphatic rings. The zero-order valence-corrected chi connectivity index (χ0v) is 35.5. The Bertz CT molecular complexity index is 1920. The van der Waals surface area contributed by atoms with E-state index in [1.807, 2.05) is 33.9 Å². The Kier molecular flexibility index (Phi) is 14.3. The SMILES string of the molecule is CC(C)c1cc(-c2nccc3c2[se]c2cc(C4CCC(C)(C)CC4)ccc23)[c-]c2ccccc12.CCC(CC)C(=O)/C=C(\O)C(CC)CC.[Ir]. The van der Waals surface area contributed by atoms with Crippen LogP contribution in [0.4, 0.5) is 0 Å². The molecule has 0 saturated heterocycles. The van der Waals surface area contributed by atoms with Gasteiger partial charge in [-0.2, -0.15) is 0 Å². The first-order chi connectivity index (χ1) is 23.5. The molecule has 1 radical (unpaired) electrons. The number of hydrogen-bond donors (Lipinski definition) is 1. The zero-order valence-electron chi connectivity index (χ0n) is 31.4. The van der Waals surface area contributed by atoms with Crippen LogP contribution in [-0.4, -0.2) is 30.4 Å². The number of carbonyl (C=O) groups is 1. The van der Waals surface area contributed by atoms with E-state index in [4.69, 9.17) is 4.98 Å². The summed E-state index contributed by atoms with van der Waals surface area (Å²) in [6.45, 7) is 17.5. The number of benzene rings is 3. The average molecular weight is 914 g/mol. The molecule has 0 amide bonds. The average Bonchev–Trinajstić information content (AvgIpc) is 3.47. The number of carbonyl (C=O) groups excluding carboxylic acids is 1. The third-order valence-corrected chi connectivity index (χ3v) is 13.5. The Labute approximate surface area is 320 Å². The molecule has 1 N–H and O–H groups in total. The van der Waals surface area contributed by atoms with Crippen LogP contribution in [0.2, 0.25) is 0 Å². The normalized spacial score (nSPS) is 15.1. The molecule has 0 bridgehead atoms. The third kappa shape index (κ3) is 9.08. The van der Waals surface area contributed by atoms with Crippen LogP contribution in [-0.2, 0) is 24.9 Å². The Morgan fingerprint density at radius 1 is 0.920 bits per heavy atom. The van der Waals surface area contributed by atoms with Crippen LogP contribution in [0.3, 0.4) is 0 Å². The number of nitrogens with zero attached hydrogens (tertiary/aromatic N) is 1. The number of ketones is 1. The molecule has 1 aliphatic carbocycles. The molecule has 3 nitrogen and oxygen atoms in total. The van der Waals surface area contributed by atoms with Gasteiger partial charge in [0, 0.05) is 38.0 Å². The van der Waals surface area contributed by atoms with Gasteiger partial charge in [-0.25, -0.2) is 0 Å².